The number of nitrogen functional groups attached to an aromatic ring is 1. The lowest BCUT2D eigenvalue weighted by Gasteiger charge is -2.20. The van der Waals surface area contributed by atoms with E-state index in [1.807, 2.05) is 7.05 Å². The second-order valence-corrected chi connectivity index (χ2v) is 6.58. The summed E-state index contributed by atoms with van der Waals surface area (Å²) < 4.78 is 0. The molecule has 1 atom stereocenters. The summed E-state index contributed by atoms with van der Waals surface area (Å²) in [5.41, 5.74) is 5.94. The van der Waals surface area contributed by atoms with E-state index in [0.29, 0.717) is 16.6 Å². The van der Waals surface area contributed by atoms with Crippen molar-refractivity contribution in [3.05, 3.63) is 4.88 Å². The quantitative estimate of drug-likeness (QED) is 0.906. The Morgan fingerprint density at radius 3 is 2.75 bits per heavy atom. The molecule has 0 spiro atoms. The normalized spacial score (nSPS) is 16.4. The molecule has 0 aliphatic carbocycles. The molecule has 1 fully saturated rings. The van der Waals surface area contributed by atoms with Crippen LogP contribution in [-0.4, -0.2) is 42.5 Å². The minimum atomic E-state index is -0.00857. The van der Waals surface area contributed by atoms with Crippen molar-refractivity contribution in [2.24, 2.45) is 5.92 Å². The number of thiazole rings is 1. The van der Waals surface area contributed by atoms with Gasteiger partial charge in [-0.1, -0.05) is 31.6 Å². The van der Waals surface area contributed by atoms with Crippen LogP contribution in [0.25, 0.3) is 0 Å². The van der Waals surface area contributed by atoms with Gasteiger partial charge in [-0.05, 0) is 18.8 Å². The number of anilines is 2. The molecule has 112 valence electrons. The maximum Gasteiger partial charge on any atom is 0.267 e. The van der Waals surface area contributed by atoms with Gasteiger partial charge in [0, 0.05) is 26.7 Å². The van der Waals surface area contributed by atoms with Crippen molar-refractivity contribution in [3.63, 3.8) is 0 Å². The van der Waals surface area contributed by atoms with Crippen molar-refractivity contribution >= 4 is 28.2 Å². The highest BCUT2D eigenvalue weighted by Gasteiger charge is 2.24. The molecular formula is C14H24N4OS. The zero-order chi connectivity index (χ0) is 14.7. The highest BCUT2D eigenvalue weighted by molar-refractivity contribution is 7.18. The maximum atomic E-state index is 12.4. The fourth-order valence-corrected chi connectivity index (χ4v) is 3.40. The third-order valence-electron chi connectivity index (χ3n) is 3.84. The Bertz CT molecular complexity index is 468. The van der Waals surface area contributed by atoms with Gasteiger partial charge in [-0.3, -0.25) is 4.79 Å². The van der Waals surface area contributed by atoms with E-state index in [1.54, 1.807) is 4.90 Å². The molecular weight excluding hydrogens is 272 g/mol. The fraction of sp³-hybridized carbons (Fsp3) is 0.714. The lowest BCUT2D eigenvalue weighted by atomic mass is 10.1. The van der Waals surface area contributed by atoms with E-state index >= 15 is 0 Å². The zero-order valence-electron chi connectivity index (χ0n) is 12.6. The summed E-state index contributed by atoms with van der Waals surface area (Å²) in [6, 6.07) is 0. The molecule has 2 heterocycles. The van der Waals surface area contributed by atoms with Crippen molar-refractivity contribution < 1.29 is 4.79 Å². The first-order chi connectivity index (χ1) is 9.52. The molecule has 1 aliphatic rings. The summed E-state index contributed by atoms with van der Waals surface area (Å²) in [5, 5.41) is 0.889. The van der Waals surface area contributed by atoms with E-state index in [0.717, 1.165) is 31.2 Å². The minimum Gasteiger partial charge on any atom is -0.382 e. The molecule has 1 aliphatic heterocycles. The maximum absolute atomic E-state index is 12.4. The van der Waals surface area contributed by atoms with E-state index in [-0.39, 0.29) is 5.91 Å². The number of hydrogen-bond acceptors (Lipinski definition) is 5. The van der Waals surface area contributed by atoms with Gasteiger partial charge in [0.15, 0.2) is 5.13 Å². The summed E-state index contributed by atoms with van der Waals surface area (Å²) in [4.78, 5) is 21.4. The number of aromatic nitrogens is 1. The van der Waals surface area contributed by atoms with Crippen LogP contribution >= 0.6 is 11.3 Å². The van der Waals surface area contributed by atoms with Gasteiger partial charge in [0.2, 0.25) is 0 Å². The molecule has 0 saturated carbocycles. The van der Waals surface area contributed by atoms with E-state index in [2.05, 4.69) is 23.7 Å². The van der Waals surface area contributed by atoms with Crippen molar-refractivity contribution in [1.29, 1.82) is 0 Å². The highest BCUT2D eigenvalue weighted by Crippen LogP contribution is 2.31. The van der Waals surface area contributed by atoms with Crippen molar-refractivity contribution in [1.82, 2.24) is 9.88 Å². The molecule has 6 heteroatoms. The van der Waals surface area contributed by atoms with Gasteiger partial charge in [0.05, 0.1) is 0 Å². The number of nitrogens with two attached hydrogens (primary N) is 1. The lowest BCUT2D eigenvalue weighted by molar-refractivity contribution is 0.0780. The Morgan fingerprint density at radius 2 is 2.15 bits per heavy atom. The highest BCUT2D eigenvalue weighted by atomic mass is 32.1. The Labute approximate surface area is 124 Å². The molecule has 0 radical (unpaired) electrons. The third-order valence-corrected chi connectivity index (χ3v) is 4.96. The Kier molecular flexibility index (Phi) is 4.86. The molecule has 20 heavy (non-hydrogen) atoms. The topological polar surface area (TPSA) is 62.5 Å². The first-order valence-corrected chi connectivity index (χ1v) is 8.11. The van der Waals surface area contributed by atoms with E-state index in [1.165, 1.54) is 24.2 Å². The average Bonchev–Trinajstić information content (AvgIpc) is 3.06. The molecule has 0 bridgehead atoms. The third kappa shape index (κ3) is 3.23. The Hall–Kier alpha value is -1.30. The molecule has 1 saturated heterocycles. The van der Waals surface area contributed by atoms with Crippen LogP contribution in [0.3, 0.4) is 0 Å². The summed E-state index contributed by atoms with van der Waals surface area (Å²) in [6.07, 6.45) is 3.45. The van der Waals surface area contributed by atoms with Crippen LogP contribution in [0.5, 0.6) is 0 Å². The van der Waals surface area contributed by atoms with Crippen molar-refractivity contribution in [3.8, 4) is 0 Å². The second-order valence-electron chi connectivity index (χ2n) is 5.60. The van der Waals surface area contributed by atoms with Crippen LogP contribution in [0, 0.1) is 5.92 Å². The molecule has 1 amide bonds. The van der Waals surface area contributed by atoms with Crippen molar-refractivity contribution in [2.75, 3.05) is 37.3 Å². The largest absolute Gasteiger partial charge is 0.382 e. The predicted octanol–water partition coefficient (Wildman–Crippen LogP) is 2.44. The van der Waals surface area contributed by atoms with Crippen LogP contribution in [0.15, 0.2) is 0 Å². The van der Waals surface area contributed by atoms with Gasteiger partial charge in [0.1, 0.15) is 10.7 Å². The number of amides is 1. The summed E-state index contributed by atoms with van der Waals surface area (Å²) in [5.74, 6) is 0.861. The molecule has 1 aromatic rings. The summed E-state index contributed by atoms with van der Waals surface area (Å²) in [7, 11) is 1.84. The average molecular weight is 296 g/mol. The van der Waals surface area contributed by atoms with E-state index < -0.39 is 0 Å². The van der Waals surface area contributed by atoms with Gasteiger partial charge in [-0.2, -0.15) is 0 Å². The van der Waals surface area contributed by atoms with Gasteiger partial charge < -0.3 is 15.5 Å². The molecule has 0 aromatic carbocycles. The molecule has 1 aromatic heterocycles. The van der Waals surface area contributed by atoms with E-state index in [9.17, 15) is 4.79 Å². The zero-order valence-corrected chi connectivity index (χ0v) is 13.4. The smallest absolute Gasteiger partial charge is 0.267 e. The summed E-state index contributed by atoms with van der Waals surface area (Å²) in [6.45, 7) is 7.07. The predicted molar refractivity (Wildman–Crippen MR) is 84.4 cm³/mol. The second kappa shape index (κ2) is 6.43. The van der Waals surface area contributed by atoms with Gasteiger partial charge in [-0.25, -0.2) is 4.98 Å². The Balaban J connectivity index is 2.09. The number of hydrogen-bond donors (Lipinski definition) is 1. The van der Waals surface area contributed by atoms with Crippen LogP contribution in [0.2, 0.25) is 0 Å². The van der Waals surface area contributed by atoms with E-state index in [4.69, 9.17) is 5.73 Å². The molecule has 1 unspecified atom stereocenters. The van der Waals surface area contributed by atoms with Gasteiger partial charge >= 0.3 is 0 Å². The van der Waals surface area contributed by atoms with Gasteiger partial charge in [-0.15, -0.1) is 0 Å². The lowest BCUT2D eigenvalue weighted by Crippen LogP contribution is -2.30. The Morgan fingerprint density at radius 1 is 1.50 bits per heavy atom. The molecule has 5 nitrogen and oxygen atoms in total. The van der Waals surface area contributed by atoms with Gasteiger partial charge in [0.25, 0.3) is 5.91 Å². The molecule has 2 rings (SSSR count). The first-order valence-electron chi connectivity index (χ1n) is 7.29. The summed E-state index contributed by atoms with van der Waals surface area (Å²) >= 11 is 1.43. The number of carbonyl (C=O) groups is 1. The minimum absolute atomic E-state index is 0.00857. The fourth-order valence-electron chi connectivity index (χ4n) is 2.37. The van der Waals surface area contributed by atoms with Crippen LogP contribution in [0.1, 0.15) is 42.8 Å². The molecule has 2 N–H and O–H groups in total. The number of rotatable bonds is 5. The monoisotopic (exact) mass is 296 g/mol. The van der Waals surface area contributed by atoms with Crippen LogP contribution in [-0.2, 0) is 0 Å². The number of nitrogens with zero attached hydrogens (tertiary/aromatic N) is 3. The van der Waals surface area contributed by atoms with Crippen LogP contribution < -0.4 is 10.6 Å². The number of carbonyl (C=O) groups excluding carboxylic acids is 1. The first kappa shape index (κ1) is 15.1. The van der Waals surface area contributed by atoms with Crippen LogP contribution in [0.4, 0.5) is 10.9 Å². The van der Waals surface area contributed by atoms with Crippen molar-refractivity contribution in [2.45, 2.75) is 33.1 Å². The SMILES string of the molecule is CCC(C)CN(C)C(=O)c1sc(N2CCCC2)nc1N. The standard InChI is InChI=1S/C14H24N4OS/c1-4-10(2)9-17(3)13(19)11-12(15)16-14(20-11)18-7-5-6-8-18/h10H,4-9,15H2,1-3H3.